The molecule has 2 fully saturated rings. The monoisotopic (exact) mass is 180 g/mol. The second kappa shape index (κ2) is 3.26. The second-order valence-corrected chi connectivity index (χ2v) is 4.06. The molecule has 13 heavy (non-hydrogen) atoms. The van der Waals surface area contributed by atoms with E-state index in [1.807, 2.05) is 6.08 Å². The third-order valence-electron chi connectivity index (χ3n) is 3.26. The van der Waals surface area contributed by atoms with Crippen LogP contribution in [0.4, 0.5) is 0 Å². The maximum absolute atomic E-state index is 11.6. The molecule has 0 bridgehead atoms. The van der Waals surface area contributed by atoms with Crippen molar-refractivity contribution in [3.05, 3.63) is 12.7 Å². The fraction of sp³-hybridized carbons (Fsp3) is 0.727. The lowest BCUT2D eigenvalue weighted by atomic mass is 9.76. The maximum atomic E-state index is 11.6. The number of rotatable bonds is 3. The lowest BCUT2D eigenvalue weighted by molar-refractivity contribution is -0.128. The van der Waals surface area contributed by atoms with E-state index in [2.05, 4.69) is 6.58 Å². The Hall–Kier alpha value is -0.630. The Labute approximate surface area is 79.0 Å². The molecule has 0 aromatic heterocycles. The summed E-state index contributed by atoms with van der Waals surface area (Å²) < 4.78 is 5.38. The van der Waals surface area contributed by atoms with Crippen molar-refractivity contribution in [2.45, 2.75) is 37.7 Å². The first-order valence-electron chi connectivity index (χ1n) is 5.08. The molecule has 2 atom stereocenters. The third-order valence-corrected chi connectivity index (χ3v) is 3.26. The van der Waals surface area contributed by atoms with Crippen molar-refractivity contribution in [1.82, 2.24) is 0 Å². The van der Waals surface area contributed by atoms with Crippen molar-refractivity contribution in [3.8, 4) is 0 Å². The zero-order valence-corrected chi connectivity index (χ0v) is 7.92. The number of hydrogen-bond acceptors (Lipinski definition) is 2. The number of ketones is 1. The quantitative estimate of drug-likeness (QED) is 0.491. The summed E-state index contributed by atoms with van der Waals surface area (Å²) in [7, 11) is 0. The van der Waals surface area contributed by atoms with E-state index in [0.717, 1.165) is 32.1 Å². The van der Waals surface area contributed by atoms with Crippen LogP contribution in [0.1, 0.15) is 32.1 Å². The van der Waals surface area contributed by atoms with Crippen molar-refractivity contribution in [3.63, 3.8) is 0 Å². The number of hydrogen-bond donors (Lipinski definition) is 0. The molecule has 1 saturated heterocycles. The van der Waals surface area contributed by atoms with Crippen LogP contribution in [-0.4, -0.2) is 18.0 Å². The number of Topliss-reactive ketones (excluding diaryl/α,β-unsaturated/α-hetero) is 1. The minimum Gasteiger partial charge on any atom is -0.361 e. The molecule has 1 aliphatic carbocycles. The van der Waals surface area contributed by atoms with E-state index in [1.54, 1.807) is 0 Å². The van der Waals surface area contributed by atoms with Crippen LogP contribution in [0, 0.1) is 5.92 Å². The first kappa shape index (κ1) is 8.95. The van der Waals surface area contributed by atoms with Crippen LogP contribution >= 0.6 is 0 Å². The standard InChI is InChI=1S/C11H16O2/c1-2-3-5-9-6-4-7-10(12)11(9)8-13-11/h2,9H,1,3-8H2. The summed E-state index contributed by atoms with van der Waals surface area (Å²) in [4.78, 5) is 11.6. The molecule has 1 heterocycles. The van der Waals surface area contributed by atoms with Gasteiger partial charge in [-0.05, 0) is 31.6 Å². The summed E-state index contributed by atoms with van der Waals surface area (Å²) in [5.74, 6) is 0.805. The van der Waals surface area contributed by atoms with Crippen molar-refractivity contribution in [1.29, 1.82) is 0 Å². The Morgan fingerprint density at radius 2 is 2.46 bits per heavy atom. The zero-order chi connectivity index (χ0) is 9.31. The van der Waals surface area contributed by atoms with Gasteiger partial charge < -0.3 is 4.74 Å². The minimum atomic E-state index is -0.332. The molecule has 2 nitrogen and oxygen atoms in total. The Bertz CT molecular complexity index is 228. The van der Waals surface area contributed by atoms with Crippen LogP contribution in [0.15, 0.2) is 12.7 Å². The minimum absolute atomic E-state index is 0.332. The Morgan fingerprint density at radius 1 is 1.69 bits per heavy atom. The Kier molecular flexibility index (Phi) is 2.24. The van der Waals surface area contributed by atoms with Gasteiger partial charge in [-0.2, -0.15) is 0 Å². The Morgan fingerprint density at radius 3 is 3.08 bits per heavy atom. The number of allylic oxidation sites excluding steroid dienone is 1. The predicted octanol–water partition coefficient (Wildman–Crippen LogP) is 2.09. The topological polar surface area (TPSA) is 29.6 Å². The van der Waals surface area contributed by atoms with E-state index in [1.165, 1.54) is 0 Å². The molecule has 2 rings (SSSR count). The SMILES string of the molecule is C=CCCC1CCCC(=O)C12CO2. The van der Waals surface area contributed by atoms with E-state index < -0.39 is 0 Å². The molecule has 0 aromatic rings. The van der Waals surface area contributed by atoms with Gasteiger partial charge >= 0.3 is 0 Å². The molecular weight excluding hydrogens is 164 g/mol. The van der Waals surface area contributed by atoms with Gasteiger partial charge in [0.25, 0.3) is 0 Å². The van der Waals surface area contributed by atoms with E-state index in [4.69, 9.17) is 4.74 Å². The average Bonchev–Trinajstić information content (AvgIpc) is 2.90. The summed E-state index contributed by atoms with van der Waals surface area (Å²) in [6.45, 7) is 4.38. The summed E-state index contributed by atoms with van der Waals surface area (Å²) in [6.07, 6.45) is 6.92. The van der Waals surface area contributed by atoms with Gasteiger partial charge in [0.1, 0.15) is 0 Å². The van der Waals surface area contributed by atoms with Crippen LogP contribution in [0.2, 0.25) is 0 Å². The Balaban J connectivity index is 2.00. The fourth-order valence-corrected chi connectivity index (χ4v) is 2.35. The largest absolute Gasteiger partial charge is 0.361 e. The fourth-order valence-electron chi connectivity index (χ4n) is 2.35. The molecule has 2 aliphatic rings. The van der Waals surface area contributed by atoms with Gasteiger partial charge in [-0.15, -0.1) is 6.58 Å². The van der Waals surface area contributed by atoms with Gasteiger partial charge in [-0.1, -0.05) is 6.08 Å². The van der Waals surface area contributed by atoms with Crippen LogP contribution < -0.4 is 0 Å². The van der Waals surface area contributed by atoms with Gasteiger partial charge in [0.15, 0.2) is 11.4 Å². The zero-order valence-electron chi connectivity index (χ0n) is 7.92. The van der Waals surface area contributed by atoms with Crippen LogP contribution in [0.25, 0.3) is 0 Å². The molecule has 0 radical (unpaired) electrons. The van der Waals surface area contributed by atoms with E-state index >= 15 is 0 Å². The highest BCUT2D eigenvalue weighted by atomic mass is 16.6. The highest BCUT2D eigenvalue weighted by molar-refractivity contribution is 5.90. The number of ether oxygens (including phenoxy) is 1. The summed E-state index contributed by atoms with van der Waals surface area (Å²) >= 11 is 0. The van der Waals surface area contributed by atoms with E-state index in [9.17, 15) is 4.79 Å². The molecule has 1 spiro atoms. The molecule has 0 aromatic carbocycles. The smallest absolute Gasteiger partial charge is 0.167 e. The second-order valence-electron chi connectivity index (χ2n) is 4.06. The molecule has 2 heteroatoms. The number of carbonyl (C=O) groups excluding carboxylic acids is 1. The first-order valence-corrected chi connectivity index (χ1v) is 5.08. The molecule has 1 aliphatic heterocycles. The van der Waals surface area contributed by atoms with Gasteiger partial charge in [0, 0.05) is 6.42 Å². The molecule has 72 valence electrons. The van der Waals surface area contributed by atoms with E-state index in [-0.39, 0.29) is 5.60 Å². The van der Waals surface area contributed by atoms with E-state index in [0.29, 0.717) is 18.3 Å². The lowest BCUT2D eigenvalue weighted by Gasteiger charge is -2.27. The highest BCUT2D eigenvalue weighted by Crippen LogP contribution is 2.45. The van der Waals surface area contributed by atoms with Crippen LogP contribution in [-0.2, 0) is 9.53 Å². The van der Waals surface area contributed by atoms with Crippen molar-refractivity contribution >= 4 is 5.78 Å². The van der Waals surface area contributed by atoms with Crippen molar-refractivity contribution in [2.24, 2.45) is 5.92 Å². The normalized spacial score (nSPS) is 37.8. The van der Waals surface area contributed by atoms with Gasteiger partial charge in [-0.25, -0.2) is 0 Å². The molecule has 2 unspecified atom stereocenters. The van der Waals surface area contributed by atoms with Gasteiger partial charge in [0.2, 0.25) is 0 Å². The molecule has 1 saturated carbocycles. The summed E-state index contributed by atoms with van der Waals surface area (Å²) in [6, 6.07) is 0. The predicted molar refractivity (Wildman–Crippen MR) is 50.5 cm³/mol. The third kappa shape index (κ3) is 1.44. The highest BCUT2D eigenvalue weighted by Gasteiger charge is 2.57. The molecule has 0 amide bonds. The number of epoxide rings is 1. The van der Waals surface area contributed by atoms with Gasteiger partial charge in [0.05, 0.1) is 6.61 Å². The number of carbonyl (C=O) groups is 1. The summed E-state index contributed by atoms with van der Waals surface area (Å²) in [5, 5.41) is 0. The van der Waals surface area contributed by atoms with Crippen LogP contribution in [0.3, 0.4) is 0 Å². The van der Waals surface area contributed by atoms with Crippen LogP contribution in [0.5, 0.6) is 0 Å². The summed E-state index contributed by atoms with van der Waals surface area (Å²) in [5.41, 5.74) is -0.332. The average molecular weight is 180 g/mol. The first-order chi connectivity index (χ1) is 6.29. The molecular formula is C11H16O2. The van der Waals surface area contributed by atoms with Crippen molar-refractivity contribution in [2.75, 3.05) is 6.61 Å². The molecule has 0 N–H and O–H groups in total. The van der Waals surface area contributed by atoms with Gasteiger partial charge in [-0.3, -0.25) is 4.79 Å². The lowest BCUT2D eigenvalue weighted by Crippen LogP contribution is -2.37. The van der Waals surface area contributed by atoms with Crippen molar-refractivity contribution < 1.29 is 9.53 Å². The maximum Gasteiger partial charge on any atom is 0.167 e.